The Balaban J connectivity index is 1.99. The molecule has 0 unspecified atom stereocenters. The molecule has 1 N–H and O–H groups in total. The van der Waals surface area contributed by atoms with Crippen LogP contribution < -0.4 is 0 Å². The number of carboxylic acids is 1. The van der Waals surface area contributed by atoms with Crippen LogP contribution >= 0.6 is 0 Å². The lowest BCUT2D eigenvalue weighted by Crippen LogP contribution is -2.23. The normalized spacial score (nSPS) is 15.4. The number of likely N-dealkylation sites (N-methyl/N-ethyl adjacent to an activating group) is 1. The third-order valence-corrected chi connectivity index (χ3v) is 3.15. The summed E-state index contributed by atoms with van der Waals surface area (Å²) < 4.78 is 0. The minimum Gasteiger partial charge on any atom is -0.478 e. The number of aromatic carboxylic acids is 1. The Hall–Kier alpha value is -1.35. The van der Waals surface area contributed by atoms with Gasteiger partial charge in [-0.25, -0.2) is 4.79 Å². The van der Waals surface area contributed by atoms with Gasteiger partial charge in [-0.1, -0.05) is 18.2 Å². The highest BCUT2D eigenvalue weighted by atomic mass is 16.4. The number of hydrogen-bond donors (Lipinski definition) is 1. The molecule has 0 aliphatic heterocycles. The maximum atomic E-state index is 11.0. The molecule has 0 heterocycles. The van der Waals surface area contributed by atoms with E-state index in [9.17, 15) is 4.79 Å². The quantitative estimate of drug-likeness (QED) is 0.823. The van der Waals surface area contributed by atoms with E-state index >= 15 is 0 Å². The molecule has 0 saturated heterocycles. The number of rotatable bonds is 5. The molecular formula is C13H17NO2. The largest absolute Gasteiger partial charge is 0.478 e. The summed E-state index contributed by atoms with van der Waals surface area (Å²) in [6, 6.07) is 7.99. The number of nitrogens with zero attached hydrogens (tertiary/aromatic N) is 1. The van der Waals surface area contributed by atoms with Gasteiger partial charge in [0.05, 0.1) is 5.56 Å². The lowest BCUT2D eigenvalue weighted by Gasteiger charge is -2.16. The van der Waals surface area contributed by atoms with E-state index in [0.29, 0.717) is 5.56 Å². The molecule has 1 fully saturated rings. The van der Waals surface area contributed by atoms with E-state index in [1.807, 2.05) is 12.1 Å². The monoisotopic (exact) mass is 219 g/mol. The van der Waals surface area contributed by atoms with Gasteiger partial charge in [0.25, 0.3) is 0 Å². The second kappa shape index (κ2) is 4.66. The molecule has 1 aliphatic carbocycles. The molecule has 1 aromatic rings. The van der Waals surface area contributed by atoms with Crippen molar-refractivity contribution < 1.29 is 9.90 Å². The van der Waals surface area contributed by atoms with Crippen molar-refractivity contribution in [1.29, 1.82) is 0 Å². The van der Waals surface area contributed by atoms with Gasteiger partial charge in [0.1, 0.15) is 0 Å². The van der Waals surface area contributed by atoms with E-state index in [1.54, 1.807) is 12.1 Å². The Kier molecular flexibility index (Phi) is 3.25. The summed E-state index contributed by atoms with van der Waals surface area (Å²) in [5.41, 5.74) is 1.37. The van der Waals surface area contributed by atoms with Gasteiger partial charge in [0.15, 0.2) is 0 Å². The minimum atomic E-state index is -0.829. The summed E-state index contributed by atoms with van der Waals surface area (Å²) in [5, 5.41) is 9.04. The number of carboxylic acid groups (broad SMARTS) is 1. The Morgan fingerprint density at radius 3 is 2.75 bits per heavy atom. The highest BCUT2D eigenvalue weighted by Crippen LogP contribution is 2.25. The Labute approximate surface area is 95.7 Å². The molecule has 0 atom stereocenters. The van der Waals surface area contributed by atoms with Crippen molar-refractivity contribution in [1.82, 2.24) is 4.90 Å². The predicted molar refractivity (Wildman–Crippen MR) is 62.8 cm³/mol. The van der Waals surface area contributed by atoms with Gasteiger partial charge in [0.2, 0.25) is 0 Å². The van der Waals surface area contributed by atoms with Gasteiger partial charge >= 0.3 is 5.97 Å². The van der Waals surface area contributed by atoms with Gasteiger partial charge in [-0.05, 0) is 37.9 Å². The predicted octanol–water partition coefficient (Wildman–Crippen LogP) is 2.02. The SMILES string of the molecule is CN(CCc1ccccc1C(=O)O)C1CC1. The Morgan fingerprint density at radius 1 is 1.44 bits per heavy atom. The van der Waals surface area contributed by atoms with Gasteiger partial charge in [-0.3, -0.25) is 0 Å². The van der Waals surface area contributed by atoms with Crippen LogP contribution in [0.1, 0.15) is 28.8 Å². The molecule has 16 heavy (non-hydrogen) atoms. The zero-order valence-corrected chi connectivity index (χ0v) is 9.52. The van der Waals surface area contributed by atoms with Crippen LogP contribution in [-0.4, -0.2) is 35.6 Å². The van der Waals surface area contributed by atoms with E-state index in [-0.39, 0.29) is 0 Å². The molecule has 0 spiro atoms. The zero-order valence-electron chi connectivity index (χ0n) is 9.52. The van der Waals surface area contributed by atoms with Crippen molar-refractivity contribution in [2.45, 2.75) is 25.3 Å². The fraction of sp³-hybridized carbons (Fsp3) is 0.462. The first kappa shape index (κ1) is 11.1. The summed E-state index contributed by atoms with van der Waals surface area (Å²) in [4.78, 5) is 13.3. The molecule has 2 rings (SSSR count). The van der Waals surface area contributed by atoms with Crippen molar-refractivity contribution in [3.05, 3.63) is 35.4 Å². The van der Waals surface area contributed by atoms with Gasteiger partial charge < -0.3 is 10.0 Å². The van der Waals surface area contributed by atoms with E-state index in [4.69, 9.17) is 5.11 Å². The van der Waals surface area contributed by atoms with Crippen LogP contribution in [0.5, 0.6) is 0 Å². The minimum absolute atomic E-state index is 0.437. The van der Waals surface area contributed by atoms with Crippen LogP contribution in [0.4, 0.5) is 0 Å². The lowest BCUT2D eigenvalue weighted by molar-refractivity contribution is 0.0695. The number of carbonyl (C=O) groups is 1. The first-order valence-electron chi connectivity index (χ1n) is 5.70. The lowest BCUT2D eigenvalue weighted by atomic mass is 10.0. The van der Waals surface area contributed by atoms with Crippen molar-refractivity contribution in [2.75, 3.05) is 13.6 Å². The van der Waals surface area contributed by atoms with Crippen LogP contribution in [-0.2, 0) is 6.42 Å². The van der Waals surface area contributed by atoms with E-state index in [1.165, 1.54) is 12.8 Å². The molecule has 3 heteroatoms. The fourth-order valence-electron chi connectivity index (χ4n) is 1.94. The second-order valence-corrected chi connectivity index (χ2v) is 4.42. The van der Waals surface area contributed by atoms with Crippen LogP contribution in [0.15, 0.2) is 24.3 Å². The third-order valence-electron chi connectivity index (χ3n) is 3.15. The molecule has 1 aliphatic rings. The topological polar surface area (TPSA) is 40.5 Å². The van der Waals surface area contributed by atoms with Crippen LogP contribution in [0.25, 0.3) is 0 Å². The molecule has 1 saturated carbocycles. The van der Waals surface area contributed by atoms with Gasteiger partial charge in [-0.2, -0.15) is 0 Å². The van der Waals surface area contributed by atoms with Crippen LogP contribution in [0.2, 0.25) is 0 Å². The van der Waals surface area contributed by atoms with E-state index < -0.39 is 5.97 Å². The molecular weight excluding hydrogens is 202 g/mol. The average molecular weight is 219 g/mol. The van der Waals surface area contributed by atoms with E-state index in [2.05, 4.69) is 11.9 Å². The Bertz CT molecular complexity index is 385. The standard InChI is InChI=1S/C13H17NO2/c1-14(11-6-7-11)9-8-10-4-2-3-5-12(10)13(15)16/h2-5,11H,6-9H2,1H3,(H,15,16). The summed E-state index contributed by atoms with van der Waals surface area (Å²) in [7, 11) is 2.11. The molecule has 1 aromatic carbocycles. The number of benzene rings is 1. The summed E-state index contributed by atoms with van der Waals surface area (Å²) >= 11 is 0. The van der Waals surface area contributed by atoms with Gasteiger partial charge in [-0.15, -0.1) is 0 Å². The van der Waals surface area contributed by atoms with Crippen LogP contribution in [0, 0.1) is 0 Å². The fourth-order valence-corrected chi connectivity index (χ4v) is 1.94. The Morgan fingerprint density at radius 2 is 2.12 bits per heavy atom. The van der Waals surface area contributed by atoms with Crippen molar-refractivity contribution >= 4 is 5.97 Å². The first-order valence-corrected chi connectivity index (χ1v) is 5.70. The highest BCUT2D eigenvalue weighted by Gasteiger charge is 2.25. The summed E-state index contributed by atoms with van der Waals surface area (Å²) in [5.74, 6) is -0.829. The third kappa shape index (κ3) is 2.61. The maximum absolute atomic E-state index is 11.0. The molecule has 0 amide bonds. The molecule has 3 nitrogen and oxygen atoms in total. The second-order valence-electron chi connectivity index (χ2n) is 4.42. The summed E-state index contributed by atoms with van der Waals surface area (Å²) in [6.45, 7) is 0.939. The molecule has 0 bridgehead atoms. The molecule has 86 valence electrons. The van der Waals surface area contributed by atoms with Crippen LogP contribution in [0.3, 0.4) is 0 Å². The highest BCUT2D eigenvalue weighted by molar-refractivity contribution is 5.89. The summed E-state index contributed by atoms with van der Waals surface area (Å²) in [6.07, 6.45) is 3.39. The van der Waals surface area contributed by atoms with E-state index in [0.717, 1.165) is 24.6 Å². The first-order chi connectivity index (χ1) is 7.68. The maximum Gasteiger partial charge on any atom is 0.335 e. The average Bonchev–Trinajstić information content (AvgIpc) is 3.10. The van der Waals surface area contributed by atoms with Crippen molar-refractivity contribution in [2.24, 2.45) is 0 Å². The number of hydrogen-bond acceptors (Lipinski definition) is 2. The van der Waals surface area contributed by atoms with Crippen molar-refractivity contribution in [3.63, 3.8) is 0 Å². The molecule has 0 aromatic heterocycles. The smallest absolute Gasteiger partial charge is 0.335 e. The van der Waals surface area contributed by atoms with Gasteiger partial charge in [0, 0.05) is 12.6 Å². The zero-order chi connectivity index (χ0) is 11.5. The molecule has 0 radical (unpaired) electrons. The van der Waals surface area contributed by atoms with Crippen molar-refractivity contribution in [3.8, 4) is 0 Å².